The molecule has 0 aliphatic rings. The Bertz CT molecular complexity index is 459. The highest BCUT2D eigenvalue weighted by Crippen LogP contribution is 2.20. The fourth-order valence-corrected chi connectivity index (χ4v) is 1.84. The van der Waals surface area contributed by atoms with Crippen LogP contribution in [-0.4, -0.2) is 17.1 Å². The van der Waals surface area contributed by atoms with Gasteiger partial charge in [0.2, 0.25) is 0 Å². The average molecular weight is 280 g/mol. The second kappa shape index (κ2) is 7.84. The maximum atomic E-state index is 11.3. The van der Waals surface area contributed by atoms with E-state index in [2.05, 4.69) is 11.9 Å². The van der Waals surface area contributed by atoms with E-state index in [9.17, 15) is 4.79 Å². The molecular formula is C14H20N2O2S. The second-order valence-corrected chi connectivity index (χ2v) is 5.26. The van der Waals surface area contributed by atoms with Gasteiger partial charge < -0.3 is 10.5 Å². The number of carbonyl (C=O) groups is 1. The van der Waals surface area contributed by atoms with Gasteiger partial charge in [-0.15, -0.1) is 0 Å². The number of nitrogens with zero attached hydrogens (tertiary/aromatic N) is 1. The van der Waals surface area contributed by atoms with Crippen LogP contribution in [0.4, 0.5) is 5.69 Å². The molecule has 0 heterocycles. The first-order chi connectivity index (χ1) is 9.04. The Morgan fingerprint density at radius 3 is 2.74 bits per heavy atom. The first-order valence-corrected chi connectivity index (χ1v) is 7.24. The highest BCUT2D eigenvalue weighted by molar-refractivity contribution is 8.13. The van der Waals surface area contributed by atoms with Gasteiger partial charge in [-0.3, -0.25) is 4.79 Å². The van der Waals surface area contributed by atoms with Gasteiger partial charge in [-0.2, -0.15) is 0 Å². The molecule has 1 aromatic carbocycles. The molecule has 0 bridgehead atoms. The minimum Gasteiger partial charge on any atom is -0.454 e. The van der Waals surface area contributed by atoms with Crippen LogP contribution in [0.15, 0.2) is 29.3 Å². The highest BCUT2D eigenvalue weighted by atomic mass is 32.2. The van der Waals surface area contributed by atoms with Gasteiger partial charge in [0, 0.05) is 0 Å². The number of ether oxygens (including phenoxy) is 1. The number of para-hydroxylation sites is 1. The van der Waals surface area contributed by atoms with Gasteiger partial charge in [0.25, 0.3) is 0 Å². The monoisotopic (exact) mass is 280 g/mol. The predicted molar refractivity (Wildman–Crippen MR) is 80.5 cm³/mol. The number of carbonyl (C=O) groups excluding carboxylic acids is 1. The smallest absolute Gasteiger partial charge is 0.309 e. The first-order valence-electron chi connectivity index (χ1n) is 6.26. The number of thioether (sulfide) groups is 1. The van der Waals surface area contributed by atoms with Crippen LogP contribution < -0.4 is 5.73 Å². The summed E-state index contributed by atoms with van der Waals surface area (Å²) in [6.45, 7) is 5.66. The number of nitrogens with two attached hydrogens (primary N) is 1. The number of amidine groups is 1. The van der Waals surface area contributed by atoms with Crippen LogP contribution >= 0.6 is 11.8 Å². The standard InChI is InChI=1S/C14H20N2O2S/c1-4-11-7-5-6-8-12(11)16-14(15)19-9-18-13(17)10(2)3/h5-8,10H,4,9H2,1-3H3,(H2,15,16). The molecule has 0 aliphatic carbocycles. The average Bonchev–Trinajstić information content (AvgIpc) is 2.39. The SMILES string of the molecule is CCc1ccccc1N=C(N)SCOC(=O)C(C)C. The topological polar surface area (TPSA) is 64.7 Å². The summed E-state index contributed by atoms with van der Waals surface area (Å²) < 4.78 is 5.03. The van der Waals surface area contributed by atoms with Crippen LogP contribution in [0.25, 0.3) is 0 Å². The molecule has 4 nitrogen and oxygen atoms in total. The minimum atomic E-state index is -0.228. The largest absolute Gasteiger partial charge is 0.454 e. The van der Waals surface area contributed by atoms with E-state index >= 15 is 0 Å². The number of benzene rings is 1. The molecule has 0 aromatic heterocycles. The van der Waals surface area contributed by atoms with Crippen molar-refractivity contribution >= 4 is 28.6 Å². The van der Waals surface area contributed by atoms with Crippen LogP contribution in [0, 0.1) is 5.92 Å². The maximum Gasteiger partial charge on any atom is 0.309 e. The van der Waals surface area contributed by atoms with Crippen molar-refractivity contribution < 1.29 is 9.53 Å². The lowest BCUT2D eigenvalue weighted by Crippen LogP contribution is -2.14. The van der Waals surface area contributed by atoms with Crippen LogP contribution in [0.5, 0.6) is 0 Å². The van der Waals surface area contributed by atoms with Gasteiger partial charge in [-0.05, 0) is 29.8 Å². The molecule has 5 heteroatoms. The van der Waals surface area contributed by atoms with Crippen LogP contribution in [0.1, 0.15) is 26.3 Å². The molecule has 0 unspecified atom stereocenters. The molecule has 0 spiro atoms. The Hall–Kier alpha value is -1.49. The van der Waals surface area contributed by atoms with E-state index in [1.807, 2.05) is 24.3 Å². The van der Waals surface area contributed by atoms with Gasteiger partial charge in [0.05, 0.1) is 11.6 Å². The quantitative estimate of drug-likeness (QED) is 0.389. The van der Waals surface area contributed by atoms with Crippen molar-refractivity contribution in [3.05, 3.63) is 29.8 Å². The molecule has 2 N–H and O–H groups in total. The zero-order chi connectivity index (χ0) is 14.3. The Morgan fingerprint density at radius 2 is 2.11 bits per heavy atom. The molecule has 0 atom stereocenters. The zero-order valence-corrected chi connectivity index (χ0v) is 12.4. The lowest BCUT2D eigenvalue weighted by Gasteiger charge is -2.07. The summed E-state index contributed by atoms with van der Waals surface area (Å²) in [5.74, 6) is -0.158. The molecule has 104 valence electrons. The molecule has 19 heavy (non-hydrogen) atoms. The Labute approximate surface area is 118 Å². The molecule has 0 saturated heterocycles. The predicted octanol–water partition coefficient (Wildman–Crippen LogP) is 3.09. The summed E-state index contributed by atoms with van der Waals surface area (Å²) in [4.78, 5) is 15.6. The number of hydrogen-bond acceptors (Lipinski definition) is 4. The van der Waals surface area contributed by atoms with E-state index in [4.69, 9.17) is 10.5 Å². The van der Waals surface area contributed by atoms with Crippen LogP contribution in [0.3, 0.4) is 0 Å². The number of esters is 1. The summed E-state index contributed by atoms with van der Waals surface area (Å²) in [5.41, 5.74) is 7.82. The van der Waals surface area contributed by atoms with Crippen molar-refractivity contribution in [1.82, 2.24) is 0 Å². The molecule has 1 aromatic rings. The minimum absolute atomic E-state index is 0.125. The normalized spacial score (nSPS) is 11.7. The van der Waals surface area contributed by atoms with E-state index < -0.39 is 0 Å². The van der Waals surface area contributed by atoms with Gasteiger partial charge in [-0.25, -0.2) is 4.99 Å². The summed E-state index contributed by atoms with van der Waals surface area (Å²) >= 11 is 1.22. The van der Waals surface area contributed by atoms with E-state index in [1.54, 1.807) is 13.8 Å². The maximum absolute atomic E-state index is 11.3. The second-order valence-electron chi connectivity index (χ2n) is 4.31. The molecule has 0 amide bonds. The zero-order valence-electron chi connectivity index (χ0n) is 11.6. The third-order valence-corrected chi connectivity index (χ3v) is 3.11. The third-order valence-electron chi connectivity index (χ3n) is 2.48. The fraction of sp³-hybridized carbons (Fsp3) is 0.429. The molecule has 0 fully saturated rings. The number of rotatable bonds is 5. The molecule has 0 aliphatic heterocycles. The lowest BCUT2D eigenvalue weighted by atomic mass is 10.1. The summed E-state index contributed by atoms with van der Waals surface area (Å²) in [5, 5.41) is 0.400. The van der Waals surface area contributed by atoms with Gasteiger partial charge >= 0.3 is 5.97 Å². The van der Waals surface area contributed by atoms with Gasteiger partial charge in [0.1, 0.15) is 5.94 Å². The number of aryl methyl sites for hydroxylation is 1. The molecular weight excluding hydrogens is 260 g/mol. The van der Waals surface area contributed by atoms with Crippen LogP contribution in [-0.2, 0) is 16.0 Å². The summed E-state index contributed by atoms with van der Waals surface area (Å²) in [7, 11) is 0. The number of aliphatic imine (C=N–C) groups is 1. The van der Waals surface area contributed by atoms with E-state index in [1.165, 1.54) is 11.8 Å². The first kappa shape index (κ1) is 15.6. The van der Waals surface area contributed by atoms with Crippen molar-refractivity contribution in [3.63, 3.8) is 0 Å². The lowest BCUT2D eigenvalue weighted by molar-refractivity contribution is -0.144. The highest BCUT2D eigenvalue weighted by Gasteiger charge is 2.08. The van der Waals surface area contributed by atoms with E-state index in [0.717, 1.165) is 17.7 Å². The molecule has 0 radical (unpaired) electrons. The number of hydrogen-bond donors (Lipinski definition) is 1. The Kier molecular flexibility index (Phi) is 6.42. The van der Waals surface area contributed by atoms with Gasteiger partial charge in [-0.1, -0.05) is 39.0 Å². The van der Waals surface area contributed by atoms with Crippen LogP contribution in [0.2, 0.25) is 0 Å². The summed E-state index contributed by atoms with van der Waals surface area (Å²) in [6, 6.07) is 7.85. The summed E-state index contributed by atoms with van der Waals surface area (Å²) in [6.07, 6.45) is 0.903. The van der Waals surface area contributed by atoms with E-state index in [-0.39, 0.29) is 17.8 Å². The van der Waals surface area contributed by atoms with Crippen molar-refractivity contribution in [1.29, 1.82) is 0 Å². The van der Waals surface area contributed by atoms with Crippen molar-refractivity contribution in [2.24, 2.45) is 16.6 Å². The van der Waals surface area contributed by atoms with Crippen molar-refractivity contribution in [2.45, 2.75) is 27.2 Å². The van der Waals surface area contributed by atoms with Crippen molar-refractivity contribution in [3.8, 4) is 0 Å². The van der Waals surface area contributed by atoms with Crippen molar-refractivity contribution in [2.75, 3.05) is 5.94 Å². The van der Waals surface area contributed by atoms with E-state index in [0.29, 0.717) is 5.17 Å². The van der Waals surface area contributed by atoms with Gasteiger partial charge in [0.15, 0.2) is 5.17 Å². The molecule has 1 rings (SSSR count). The Morgan fingerprint density at radius 1 is 1.42 bits per heavy atom. The fourth-order valence-electron chi connectivity index (χ4n) is 1.38. The molecule has 0 saturated carbocycles. The third kappa shape index (κ3) is 5.34. The Balaban J connectivity index is 2.55.